The molecule has 5 nitrogen and oxygen atoms in total. The van der Waals surface area contributed by atoms with Crippen molar-refractivity contribution in [2.75, 3.05) is 5.32 Å². The molecule has 1 aliphatic carbocycles. The third kappa shape index (κ3) is 1.99. The van der Waals surface area contributed by atoms with Gasteiger partial charge in [-0.15, -0.1) is 0 Å². The van der Waals surface area contributed by atoms with Crippen molar-refractivity contribution >= 4 is 11.6 Å². The number of hydrogen-bond donors (Lipinski definition) is 1. The van der Waals surface area contributed by atoms with E-state index in [9.17, 15) is 4.79 Å². The number of nitrogens with zero attached hydrogens (tertiary/aromatic N) is 2. The lowest BCUT2D eigenvalue weighted by atomic mass is 10.2. The Balaban J connectivity index is 1.84. The summed E-state index contributed by atoms with van der Waals surface area (Å²) in [5.74, 6) is 0.750. The van der Waals surface area contributed by atoms with Gasteiger partial charge in [-0.2, -0.15) is 0 Å². The highest BCUT2D eigenvalue weighted by molar-refractivity contribution is 6.03. The molecule has 1 amide bonds. The maximum absolute atomic E-state index is 12.0. The molecule has 0 saturated heterocycles. The molecule has 0 radical (unpaired) electrons. The molecular weight excluding hydrogens is 230 g/mol. The first-order valence-electron chi connectivity index (χ1n) is 5.92. The monoisotopic (exact) mass is 243 g/mol. The van der Waals surface area contributed by atoms with Crippen LogP contribution in [0.3, 0.4) is 0 Å². The summed E-state index contributed by atoms with van der Waals surface area (Å²) in [5, 5.41) is 2.85. The van der Waals surface area contributed by atoms with Crippen LogP contribution in [0.25, 0.3) is 0 Å². The van der Waals surface area contributed by atoms with Crippen LogP contribution in [0.2, 0.25) is 0 Å². The van der Waals surface area contributed by atoms with Gasteiger partial charge in [0.05, 0.1) is 11.4 Å². The summed E-state index contributed by atoms with van der Waals surface area (Å²) in [5.41, 5.74) is 2.06. The average Bonchev–Trinajstić information content (AvgIpc) is 3.12. The third-order valence-corrected chi connectivity index (χ3v) is 3.01. The highest BCUT2D eigenvalue weighted by atomic mass is 16.3. The second-order valence-corrected chi connectivity index (χ2v) is 4.42. The minimum atomic E-state index is -0.254. The molecule has 92 valence electrons. The largest absolute Gasteiger partial charge is 0.448 e. The summed E-state index contributed by atoms with van der Waals surface area (Å²) in [4.78, 5) is 20.3. The molecule has 0 spiro atoms. The molecule has 2 heterocycles. The molecule has 1 saturated carbocycles. The van der Waals surface area contributed by atoms with Crippen LogP contribution >= 0.6 is 0 Å². The zero-order chi connectivity index (χ0) is 12.5. The van der Waals surface area contributed by atoms with Crippen LogP contribution in [-0.2, 0) is 0 Å². The van der Waals surface area contributed by atoms with Gasteiger partial charge in [0.2, 0.25) is 0 Å². The van der Waals surface area contributed by atoms with Crippen LogP contribution in [0.4, 0.5) is 5.69 Å². The quantitative estimate of drug-likeness (QED) is 0.899. The topological polar surface area (TPSA) is 68.0 Å². The number of hydrogen-bond acceptors (Lipinski definition) is 4. The van der Waals surface area contributed by atoms with Crippen molar-refractivity contribution in [3.05, 3.63) is 41.9 Å². The van der Waals surface area contributed by atoms with E-state index in [1.807, 2.05) is 12.1 Å². The summed E-state index contributed by atoms with van der Waals surface area (Å²) >= 11 is 0. The number of aryl methyl sites for hydroxylation is 1. The van der Waals surface area contributed by atoms with Crippen molar-refractivity contribution in [1.29, 1.82) is 0 Å². The van der Waals surface area contributed by atoms with Gasteiger partial charge in [0.15, 0.2) is 12.1 Å². The van der Waals surface area contributed by atoms with Gasteiger partial charge in [0, 0.05) is 12.1 Å². The van der Waals surface area contributed by atoms with Gasteiger partial charge in [-0.05, 0) is 31.9 Å². The molecule has 1 fully saturated rings. The molecule has 2 aromatic heterocycles. The van der Waals surface area contributed by atoms with Crippen LogP contribution in [0, 0.1) is 6.92 Å². The normalized spacial score (nSPS) is 14.5. The number of amides is 1. The number of aromatic nitrogens is 2. The smallest absolute Gasteiger partial charge is 0.277 e. The van der Waals surface area contributed by atoms with Crippen LogP contribution in [0.5, 0.6) is 0 Å². The average molecular weight is 243 g/mol. The fourth-order valence-electron chi connectivity index (χ4n) is 1.91. The lowest BCUT2D eigenvalue weighted by Crippen LogP contribution is -2.15. The van der Waals surface area contributed by atoms with Gasteiger partial charge in [-0.3, -0.25) is 9.78 Å². The highest BCUT2D eigenvalue weighted by Crippen LogP contribution is 2.42. The molecule has 0 aliphatic heterocycles. The van der Waals surface area contributed by atoms with E-state index < -0.39 is 0 Å². The summed E-state index contributed by atoms with van der Waals surface area (Å²) < 4.78 is 5.03. The summed E-state index contributed by atoms with van der Waals surface area (Å²) in [6.07, 6.45) is 5.31. The van der Waals surface area contributed by atoms with Crippen LogP contribution in [-0.4, -0.2) is 15.9 Å². The van der Waals surface area contributed by atoms with Gasteiger partial charge in [0.25, 0.3) is 5.91 Å². The second kappa shape index (κ2) is 4.25. The molecule has 0 aromatic carbocycles. The molecule has 0 atom stereocenters. The fourth-order valence-corrected chi connectivity index (χ4v) is 1.91. The zero-order valence-electron chi connectivity index (χ0n) is 10.0. The number of oxazole rings is 1. The van der Waals surface area contributed by atoms with Crippen molar-refractivity contribution in [3.63, 3.8) is 0 Å². The Labute approximate surface area is 104 Å². The predicted molar refractivity (Wildman–Crippen MR) is 65.4 cm³/mol. The van der Waals surface area contributed by atoms with Crippen molar-refractivity contribution in [1.82, 2.24) is 9.97 Å². The van der Waals surface area contributed by atoms with Crippen molar-refractivity contribution in [2.24, 2.45) is 0 Å². The summed E-state index contributed by atoms with van der Waals surface area (Å²) in [6.45, 7) is 1.72. The van der Waals surface area contributed by atoms with E-state index in [0.717, 1.165) is 24.2 Å². The molecule has 0 unspecified atom stereocenters. The highest BCUT2D eigenvalue weighted by Gasteiger charge is 2.28. The number of carbonyl (C=O) groups is 1. The van der Waals surface area contributed by atoms with E-state index in [4.69, 9.17) is 4.42 Å². The summed E-state index contributed by atoms with van der Waals surface area (Å²) in [6, 6.07) is 3.69. The number of carbonyl (C=O) groups excluding carboxylic acids is 1. The van der Waals surface area contributed by atoms with E-state index in [1.165, 1.54) is 6.39 Å². The zero-order valence-corrected chi connectivity index (χ0v) is 10.0. The molecule has 18 heavy (non-hydrogen) atoms. The number of anilines is 1. The Kier molecular flexibility index (Phi) is 2.59. The van der Waals surface area contributed by atoms with Gasteiger partial charge in [-0.1, -0.05) is 0 Å². The Morgan fingerprint density at radius 3 is 2.94 bits per heavy atom. The fraction of sp³-hybridized carbons (Fsp3) is 0.308. The molecular formula is C13H13N3O2. The lowest BCUT2D eigenvalue weighted by Gasteiger charge is -2.08. The number of rotatable bonds is 3. The molecule has 1 N–H and O–H groups in total. The van der Waals surface area contributed by atoms with E-state index in [2.05, 4.69) is 15.3 Å². The number of pyridine rings is 1. The Hall–Kier alpha value is -2.17. The third-order valence-electron chi connectivity index (χ3n) is 3.01. The van der Waals surface area contributed by atoms with E-state index >= 15 is 0 Å². The molecule has 0 bridgehead atoms. The molecule has 2 aromatic rings. The molecule has 3 rings (SSSR count). The van der Waals surface area contributed by atoms with Crippen molar-refractivity contribution in [3.8, 4) is 0 Å². The van der Waals surface area contributed by atoms with Gasteiger partial charge in [-0.25, -0.2) is 4.98 Å². The Bertz CT molecular complexity index is 587. The SMILES string of the molecule is Cc1ocnc1C(=O)Nc1cccnc1C1CC1. The van der Waals surface area contributed by atoms with E-state index in [0.29, 0.717) is 17.4 Å². The van der Waals surface area contributed by atoms with Gasteiger partial charge < -0.3 is 9.73 Å². The second-order valence-electron chi connectivity index (χ2n) is 4.42. The van der Waals surface area contributed by atoms with Crippen LogP contribution in [0.15, 0.2) is 29.1 Å². The Morgan fingerprint density at radius 2 is 2.28 bits per heavy atom. The summed E-state index contributed by atoms with van der Waals surface area (Å²) in [7, 11) is 0. The predicted octanol–water partition coefficient (Wildman–Crippen LogP) is 2.51. The first-order chi connectivity index (χ1) is 8.75. The maximum atomic E-state index is 12.0. The van der Waals surface area contributed by atoms with Crippen LogP contribution in [0.1, 0.15) is 40.7 Å². The van der Waals surface area contributed by atoms with Crippen molar-refractivity contribution in [2.45, 2.75) is 25.7 Å². The molecule has 1 aliphatic rings. The van der Waals surface area contributed by atoms with Gasteiger partial charge in [0.1, 0.15) is 5.76 Å². The maximum Gasteiger partial charge on any atom is 0.277 e. The minimum Gasteiger partial charge on any atom is -0.448 e. The van der Waals surface area contributed by atoms with Gasteiger partial charge >= 0.3 is 0 Å². The Morgan fingerprint density at radius 1 is 1.44 bits per heavy atom. The number of nitrogens with one attached hydrogen (secondary N) is 1. The molecule has 5 heteroatoms. The first kappa shape index (κ1) is 11.0. The standard InChI is InChI=1S/C13H13N3O2/c1-8-11(15-7-18-8)13(17)16-10-3-2-6-14-12(10)9-4-5-9/h2-3,6-7,9H,4-5H2,1H3,(H,16,17). The van der Waals surface area contributed by atoms with E-state index in [1.54, 1.807) is 13.1 Å². The van der Waals surface area contributed by atoms with E-state index in [-0.39, 0.29) is 5.91 Å². The lowest BCUT2D eigenvalue weighted by molar-refractivity contribution is 0.102. The minimum absolute atomic E-state index is 0.254. The van der Waals surface area contributed by atoms with Crippen LogP contribution < -0.4 is 5.32 Å². The van der Waals surface area contributed by atoms with Crippen molar-refractivity contribution < 1.29 is 9.21 Å². The first-order valence-corrected chi connectivity index (χ1v) is 5.92.